The number of aryl methyl sites for hydroxylation is 1. The van der Waals surface area contributed by atoms with E-state index in [-0.39, 0.29) is 30.9 Å². The third kappa shape index (κ3) is 8.15. The predicted molar refractivity (Wildman–Crippen MR) is 140 cm³/mol. The molecule has 3 rings (SSSR count). The maximum Gasteiger partial charge on any atom is 0.261 e. The molecule has 1 N–H and O–H groups in total. The highest BCUT2D eigenvalue weighted by Gasteiger charge is 2.31. The van der Waals surface area contributed by atoms with E-state index < -0.39 is 6.04 Å². The van der Waals surface area contributed by atoms with Crippen LogP contribution in [0.1, 0.15) is 30.5 Å². The molecule has 0 radical (unpaired) electrons. The number of benzene rings is 3. The molecule has 0 spiro atoms. The SMILES string of the molecule is Cc1cccc(OCC(=O)N(Cc2ccccc2Cl)[C@H](Cc2ccccc2)C(=O)NCC(C)C)c1. The zero-order valence-corrected chi connectivity index (χ0v) is 21.3. The lowest BCUT2D eigenvalue weighted by molar-refractivity contribution is -0.142. The Labute approximate surface area is 213 Å². The third-order valence-electron chi connectivity index (χ3n) is 5.61. The highest BCUT2D eigenvalue weighted by Crippen LogP contribution is 2.21. The van der Waals surface area contributed by atoms with Gasteiger partial charge in [0.1, 0.15) is 11.8 Å². The number of amides is 2. The summed E-state index contributed by atoms with van der Waals surface area (Å²) in [6.45, 7) is 6.58. The number of hydrogen-bond donors (Lipinski definition) is 1. The molecule has 0 aliphatic heterocycles. The van der Waals surface area contributed by atoms with E-state index in [4.69, 9.17) is 16.3 Å². The number of ether oxygens (including phenoxy) is 1. The van der Waals surface area contributed by atoms with Gasteiger partial charge < -0.3 is 15.0 Å². The molecule has 0 heterocycles. The number of carbonyl (C=O) groups is 2. The predicted octanol–water partition coefficient (Wildman–Crippen LogP) is 5.44. The molecule has 184 valence electrons. The maximum atomic E-state index is 13.6. The summed E-state index contributed by atoms with van der Waals surface area (Å²) in [6.07, 6.45) is 0.380. The fourth-order valence-corrected chi connectivity index (χ4v) is 3.92. The Balaban J connectivity index is 1.91. The molecule has 6 heteroatoms. The van der Waals surface area contributed by atoms with E-state index in [2.05, 4.69) is 5.32 Å². The highest BCUT2D eigenvalue weighted by molar-refractivity contribution is 6.31. The van der Waals surface area contributed by atoms with Gasteiger partial charge in [-0.25, -0.2) is 0 Å². The lowest BCUT2D eigenvalue weighted by Gasteiger charge is -2.32. The summed E-state index contributed by atoms with van der Waals surface area (Å²) < 4.78 is 5.82. The average molecular weight is 493 g/mol. The summed E-state index contributed by atoms with van der Waals surface area (Å²) in [5.41, 5.74) is 2.78. The first-order valence-electron chi connectivity index (χ1n) is 11.9. The highest BCUT2D eigenvalue weighted by atomic mass is 35.5. The first kappa shape index (κ1) is 26.3. The van der Waals surface area contributed by atoms with Gasteiger partial charge in [-0.2, -0.15) is 0 Å². The molecule has 3 aromatic carbocycles. The van der Waals surface area contributed by atoms with Crippen molar-refractivity contribution in [2.24, 2.45) is 5.92 Å². The molecule has 0 bridgehead atoms. The average Bonchev–Trinajstić information content (AvgIpc) is 2.85. The van der Waals surface area contributed by atoms with Crippen molar-refractivity contribution in [2.75, 3.05) is 13.2 Å². The van der Waals surface area contributed by atoms with E-state index in [9.17, 15) is 9.59 Å². The summed E-state index contributed by atoms with van der Waals surface area (Å²) in [6, 6.07) is 23.9. The monoisotopic (exact) mass is 492 g/mol. The number of nitrogens with one attached hydrogen (secondary N) is 1. The minimum Gasteiger partial charge on any atom is -0.484 e. The van der Waals surface area contributed by atoms with Crippen LogP contribution in [-0.2, 0) is 22.6 Å². The van der Waals surface area contributed by atoms with Crippen LogP contribution in [0.3, 0.4) is 0 Å². The Morgan fingerprint density at radius 2 is 1.69 bits per heavy atom. The van der Waals surface area contributed by atoms with Crippen LogP contribution in [0.15, 0.2) is 78.9 Å². The number of hydrogen-bond acceptors (Lipinski definition) is 3. The second kappa shape index (κ2) is 13.0. The Hall–Kier alpha value is -3.31. The Kier molecular flexibility index (Phi) is 9.74. The number of nitrogens with zero attached hydrogens (tertiary/aromatic N) is 1. The molecule has 0 aliphatic rings. The van der Waals surface area contributed by atoms with Gasteiger partial charge in [-0.1, -0.05) is 86.1 Å². The van der Waals surface area contributed by atoms with Gasteiger partial charge in [0, 0.05) is 24.5 Å². The van der Waals surface area contributed by atoms with Crippen LogP contribution in [0.2, 0.25) is 5.02 Å². The number of rotatable bonds is 11. The Morgan fingerprint density at radius 1 is 0.971 bits per heavy atom. The van der Waals surface area contributed by atoms with Gasteiger partial charge in [-0.3, -0.25) is 9.59 Å². The van der Waals surface area contributed by atoms with Gasteiger partial charge in [-0.05, 0) is 47.7 Å². The molecule has 0 aromatic heterocycles. The van der Waals surface area contributed by atoms with Crippen LogP contribution >= 0.6 is 11.6 Å². The van der Waals surface area contributed by atoms with Crippen molar-refractivity contribution in [2.45, 2.75) is 39.8 Å². The van der Waals surface area contributed by atoms with Gasteiger partial charge in [0.05, 0.1) is 0 Å². The molecule has 0 saturated heterocycles. The van der Waals surface area contributed by atoms with Gasteiger partial charge in [-0.15, -0.1) is 0 Å². The molecule has 0 aliphatic carbocycles. The van der Waals surface area contributed by atoms with Crippen LogP contribution in [-0.4, -0.2) is 35.9 Å². The molecule has 0 saturated carbocycles. The van der Waals surface area contributed by atoms with E-state index >= 15 is 0 Å². The van der Waals surface area contributed by atoms with E-state index in [1.807, 2.05) is 93.6 Å². The van der Waals surface area contributed by atoms with E-state index in [1.54, 1.807) is 11.0 Å². The summed E-state index contributed by atoms with van der Waals surface area (Å²) in [5, 5.41) is 3.56. The smallest absolute Gasteiger partial charge is 0.261 e. The molecule has 2 amide bonds. The first-order chi connectivity index (χ1) is 16.8. The summed E-state index contributed by atoms with van der Waals surface area (Å²) in [7, 11) is 0. The molecule has 0 unspecified atom stereocenters. The van der Waals surface area contributed by atoms with Crippen molar-refractivity contribution in [3.8, 4) is 5.75 Å². The van der Waals surface area contributed by atoms with Crippen LogP contribution in [0.5, 0.6) is 5.75 Å². The second-order valence-corrected chi connectivity index (χ2v) is 9.47. The molecular formula is C29H33ClN2O3. The molecule has 1 atom stereocenters. The zero-order chi connectivity index (χ0) is 25.2. The normalized spacial score (nSPS) is 11.7. The van der Waals surface area contributed by atoms with Gasteiger partial charge in [0.2, 0.25) is 5.91 Å². The number of carbonyl (C=O) groups excluding carboxylic acids is 2. The fourth-order valence-electron chi connectivity index (χ4n) is 3.72. The van der Waals surface area contributed by atoms with Crippen molar-refractivity contribution in [3.63, 3.8) is 0 Å². The minimum absolute atomic E-state index is 0.184. The van der Waals surface area contributed by atoms with Gasteiger partial charge >= 0.3 is 0 Å². The van der Waals surface area contributed by atoms with Crippen LogP contribution in [0.25, 0.3) is 0 Å². The summed E-state index contributed by atoms with van der Waals surface area (Å²) in [4.78, 5) is 28.6. The summed E-state index contributed by atoms with van der Waals surface area (Å²) in [5.74, 6) is 0.416. The van der Waals surface area contributed by atoms with Crippen molar-refractivity contribution in [1.29, 1.82) is 0 Å². The lowest BCUT2D eigenvalue weighted by Crippen LogP contribution is -2.52. The third-order valence-corrected chi connectivity index (χ3v) is 5.97. The number of halogens is 1. The Bertz CT molecular complexity index is 1120. The molecule has 35 heavy (non-hydrogen) atoms. The largest absolute Gasteiger partial charge is 0.484 e. The van der Waals surface area contributed by atoms with E-state index in [0.717, 1.165) is 16.7 Å². The molecule has 0 fully saturated rings. The fraction of sp³-hybridized carbons (Fsp3) is 0.310. The van der Waals surface area contributed by atoms with Gasteiger partial charge in [0.15, 0.2) is 6.61 Å². The van der Waals surface area contributed by atoms with E-state index in [0.29, 0.717) is 23.7 Å². The van der Waals surface area contributed by atoms with Crippen molar-refractivity contribution in [1.82, 2.24) is 10.2 Å². The topological polar surface area (TPSA) is 58.6 Å². The van der Waals surface area contributed by atoms with Gasteiger partial charge in [0.25, 0.3) is 5.91 Å². The second-order valence-electron chi connectivity index (χ2n) is 9.06. The van der Waals surface area contributed by atoms with Crippen molar-refractivity contribution in [3.05, 3.63) is 101 Å². The quantitative estimate of drug-likeness (QED) is 0.387. The van der Waals surface area contributed by atoms with Crippen molar-refractivity contribution >= 4 is 23.4 Å². The zero-order valence-electron chi connectivity index (χ0n) is 20.5. The van der Waals surface area contributed by atoms with Crippen LogP contribution in [0, 0.1) is 12.8 Å². The standard InChI is InChI=1S/C29H33ClN2O3/c1-21(2)18-31-29(34)27(17-23-11-5-4-6-12-23)32(19-24-13-7-8-15-26(24)30)28(33)20-35-25-14-9-10-22(3)16-25/h4-16,21,27H,17-20H2,1-3H3,(H,31,34)/t27-/m1/s1. The van der Waals surface area contributed by atoms with Crippen LogP contribution in [0.4, 0.5) is 0 Å². The first-order valence-corrected chi connectivity index (χ1v) is 12.2. The minimum atomic E-state index is -0.721. The maximum absolute atomic E-state index is 13.6. The van der Waals surface area contributed by atoms with Crippen molar-refractivity contribution < 1.29 is 14.3 Å². The van der Waals surface area contributed by atoms with E-state index in [1.165, 1.54) is 0 Å². The Morgan fingerprint density at radius 3 is 2.37 bits per heavy atom. The molecule has 3 aromatic rings. The molecular weight excluding hydrogens is 460 g/mol. The molecule has 5 nitrogen and oxygen atoms in total. The lowest BCUT2D eigenvalue weighted by atomic mass is 10.0. The summed E-state index contributed by atoms with van der Waals surface area (Å²) >= 11 is 6.44. The van der Waals surface area contributed by atoms with Crippen LogP contribution < -0.4 is 10.1 Å².